The summed E-state index contributed by atoms with van der Waals surface area (Å²) in [4.78, 5) is 32.1. The third kappa shape index (κ3) is 3.64. The Balaban J connectivity index is 1.94. The van der Waals surface area contributed by atoms with Gasteiger partial charge in [0, 0.05) is 17.4 Å². The van der Waals surface area contributed by atoms with Gasteiger partial charge in [0.15, 0.2) is 5.76 Å². The summed E-state index contributed by atoms with van der Waals surface area (Å²) in [6, 6.07) is 21.0. The quantitative estimate of drug-likeness (QED) is 0.423. The van der Waals surface area contributed by atoms with E-state index in [0.29, 0.717) is 22.5 Å². The first kappa shape index (κ1) is 22.4. The van der Waals surface area contributed by atoms with Crippen LogP contribution in [0.15, 0.2) is 83.4 Å². The molecule has 35 heavy (non-hydrogen) atoms. The molecule has 1 aliphatic rings. The Labute approximate surface area is 201 Å². The maximum absolute atomic E-state index is 13.1. The van der Waals surface area contributed by atoms with Gasteiger partial charge in [0.05, 0.1) is 19.9 Å². The van der Waals surface area contributed by atoms with E-state index >= 15 is 0 Å². The summed E-state index contributed by atoms with van der Waals surface area (Å²) in [6.07, 6.45) is 0.579. The van der Waals surface area contributed by atoms with E-state index in [9.17, 15) is 14.7 Å². The fraction of sp³-hybridized carbons (Fsp3) is 0.148. The zero-order valence-corrected chi connectivity index (χ0v) is 19.0. The van der Waals surface area contributed by atoms with Gasteiger partial charge in [-0.3, -0.25) is 4.98 Å². The average molecular weight is 470 g/mol. The molecule has 5 rings (SSSR count). The van der Waals surface area contributed by atoms with Crippen LogP contribution in [-0.2, 0) is 9.47 Å². The van der Waals surface area contributed by atoms with E-state index in [2.05, 4.69) is 4.98 Å². The second-order valence-corrected chi connectivity index (χ2v) is 7.90. The number of furan rings is 1. The molecule has 0 saturated heterocycles. The number of ether oxygens (including phenoxy) is 2. The lowest BCUT2D eigenvalue weighted by Crippen LogP contribution is -2.30. The van der Waals surface area contributed by atoms with E-state index in [1.54, 1.807) is 47.5 Å². The largest absolute Gasteiger partial charge is 0.465 e. The molecule has 0 fully saturated rings. The highest BCUT2D eigenvalue weighted by molar-refractivity contribution is 6.09. The highest BCUT2D eigenvalue weighted by atomic mass is 16.5. The predicted molar refractivity (Wildman–Crippen MR) is 127 cm³/mol. The van der Waals surface area contributed by atoms with Gasteiger partial charge in [-0.2, -0.15) is 0 Å². The Morgan fingerprint density at radius 2 is 1.60 bits per heavy atom. The van der Waals surface area contributed by atoms with E-state index in [0.717, 1.165) is 0 Å². The molecule has 0 unspecified atom stereocenters. The van der Waals surface area contributed by atoms with Crippen LogP contribution in [0.1, 0.15) is 44.3 Å². The molecular weight excluding hydrogens is 448 g/mol. The van der Waals surface area contributed by atoms with E-state index in [4.69, 9.17) is 13.9 Å². The number of fused-ring (bicyclic) bond motifs is 3. The molecule has 0 radical (unpaired) electrons. The Kier molecular flexibility index (Phi) is 5.80. The average Bonchev–Trinajstić information content (AvgIpc) is 3.27. The van der Waals surface area contributed by atoms with Crippen molar-refractivity contribution >= 4 is 23.3 Å². The molecule has 0 aliphatic carbocycles. The number of aliphatic hydroxyl groups excluding tert-OH is 1. The number of carbonyl (C=O) groups is 2. The number of esters is 2. The van der Waals surface area contributed by atoms with Crippen LogP contribution in [0.3, 0.4) is 0 Å². The molecule has 2 aromatic carbocycles. The number of para-hydroxylation sites is 1. The van der Waals surface area contributed by atoms with Crippen molar-refractivity contribution in [1.82, 2.24) is 4.98 Å². The second kappa shape index (κ2) is 9.08. The van der Waals surface area contributed by atoms with Gasteiger partial charge in [-0.05, 0) is 29.8 Å². The summed E-state index contributed by atoms with van der Waals surface area (Å²) in [6.45, 7) is 0. The van der Waals surface area contributed by atoms with Gasteiger partial charge in [0.25, 0.3) is 0 Å². The smallest absolute Gasteiger partial charge is 0.374 e. The molecule has 0 saturated carbocycles. The van der Waals surface area contributed by atoms with Crippen molar-refractivity contribution in [2.75, 3.05) is 19.1 Å². The van der Waals surface area contributed by atoms with Gasteiger partial charge in [0.2, 0.25) is 5.76 Å². The number of carbonyl (C=O) groups excluding carboxylic acids is 2. The van der Waals surface area contributed by atoms with Crippen molar-refractivity contribution in [3.63, 3.8) is 0 Å². The van der Waals surface area contributed by atoms with E-state index in [-0.39, 0.29) is 22.8 Å². The van der Waals surface area contributed by atoms with E-state index < -0.39 is 24.1 Å². The van der Waals surface area contributed by atoms with Crippen LogP contribution in [-0.4, -0.2) is 36.2 Å². The van der Waals surface area contributed by atoms with Crippen LogP contribution < -0.4 is 4.90 Å². The SMILES string of the molecule is COC(=O)c1oc2c(c1C(=O)OC)N(c1ccccc1)[C@H](c1ccccn1)[C@@H](O)c1ccccc1-2. The lowest BCUT2D eigenvalue weighted by Gasteiger charge is -2.35. The number of anilines is 2. The molecule has 8 nitrogen and oxygen atoms in total. The predicted octanol–water partition coefficient (Wildman–Crippen LogP) is 4.84. The number of hydrogen-bond acceptors (Lipinski definition) is 8. The summed E-state index contributed by atoms with van der Waals surface area (Å²) in [7, 11) is 2.44. The van der Waals surface area contributed by atoms with E-state index in [1.165, 1.54) is 14.2 Å². The molecule has 4 aromatic rings. The number of nitrogens with zero attached hydrogens (tertiary/aromatic N) is 2. The monoisotopic (exact) mass is 470 g/mol. The molecular formula is C27H22N2O6. The zero-order valence-electron chi connectivity index (χ0n) is 19.0. The number of methoxy groups -OCH3 is 2. The summed E-state index contributed by atoms with van der Waals surface area (Å²) < 4.78 is 16.0. The molecule has 2 atom stereocenters. The Hall–Kier alpha value is -4.43. The molecule has 3 heterocycles. The van der Waals surface area contributed by atoms with Gasteiger partial charge in [0.1, 0.15) is 23.4 Å². The Morgan fingerprint density at radius 3 is 2.29 bits per heavy atom. The number of benzene rings is 2. The highest BCUT2D eigenvalue weighted by Gasteiger charge is 2.44. The molecule has 8 heteroatoms. The fourth-order valence-corrected chi connectivity index (χ4v) is 4.50. The fourth-order valence-electron chi connectivity index (χ4n) is 4.50. The summed E-state index contributed by atoms with van der Waals surface area (Å²) in [5, 5.41) is 11.8. The van der Waals surface area contributed by atoms with Crippen molar-refractivity contribution in [2.45, 2.75) is 12.1 Å². The molecule has 0 spiro atoms. The molecule has 0 amide bonds. The van der Waals surface area contributed by atoms with Gasteiger partial charge in [-0.1, -0.05) is 48.5 Å². The van der Waals surface area contributed by atoms with Crippen LogP contribution in [0.4, 0.5) is 11.4 Å². The zero-order chi connectivity index (χ0) is 24.5. The molecule has 176 valence electrons. The second-order valence-electron chi connectivity index (χ2n) is 7.90. The highest BCUT2D eigenvalue weighted by Crippen LogP contribution is 2.53. The third-order valence-corrected chi connectivity index (χ3v) is 6.01. The van der Waals surface area contributed by atoms with Crippen molar-refractivity contribution < 1.29 is 28.6 Å². The number of aliphatic hydroxyl groups is 1. The standard InChI is InChI=1S/C27H22N2O6/c1-33-26(31)20-22-24(35-25(20)27(32)34-2)18-13-7-6-12-17(18)23(30)21(19-14-8-9-15-28-19)29(22)16-10-4-3-5-11-16/h3-15,21,23,30H,1-2H3/t21-,23+/m1/s1. The molecule has 1 aliphatic heterocycles. The minimum atomic E-state index is -1.06. The summed E-state index contributed by atoms with van der Waals surface area (Å²) in [5.74, 6) is -1.64. The van der Waals surface area contributed by atoms with Crippen LogP contribution in [0.5, 0.6) is 0 Å². The van der Waals surface area contributed by atoms with Crippen molar-refractivity contribution in [3.05, 3.63) is 102 Å². The molecule has 0 bridgehead atoms. The van der Waals surface area contributed by atoms with Crippen molar-refractivity contribution in [1.29, 1.82) is 0 Å². The topological polar surface area (TPSA) is 102 Å². The molecule has 2 aromatic heterocycles. The van der Waals surface area contributed by atoms with E-state index in [1.807, 2.05) is 36.4 Å². The number of pyridine rings is 1. The Morgan fingerprint density at radius 1 is 0.914 bits per heavy atom. The van der Waals surface area contributed by atoms with Gasteiger partial charge >= 0.3 is 11.9 Å². The first-order valence-corrected chi connectivity index (χ1v) is 10.9. The number of rotatable bonds is 4. The number of hydrogen-bond donors (Lipinski definition) is 1. The van der Waals surface area contributed by atoms with Crippen LogP contribution >= 0.6 is 0 Å². The summed E-state index contributed by atoms with van der Waals surface area (Å²) in [5.41, 5.74) is 2.49. The van der Waals surface area contributed by atoms with Crippen LogP contribution in [0.25, 0.3) is 11.3 Å². The maximum Gasteiger partial charge on any atom is 0.374 e. The van der Waals surface area contributed by atoms with Crippen molar-refractivity contribution in [3.8, 4) is 11.3 Å². The first-order chi connectivity index (χ1) is 17.1. The van der Waals surface area contributed by atoms with Gasteiger partial charge in [-0.25, -0.2) is 9.59 Å². The van der Waals surface area contributed by atoms with Gasteiger partial charge in [-0.15, -0.1) is 0 Å². The van der Waals surface area contributed by atoms with Crippen molar-refractivity contribution in [2.24, 2.45) is 0 Å². The maximum atomic E-state index is 13.1. The first-order valence-electron chi connectivity index (χ1n) is 10.9. The minimum absolute atomic E-state index is 0.0944. The lowest BCUT2D eigenvalue weighted by molar-refractivity contribution is 0.0529. The normalized spacial score (nSPS) is 16.6. The van der Waals surface area contributed by atoms with Crippen LogP contribution in [0.2, 0.25) is 0 Å². The minimum Gasteiger partial charge on any atom is -0.465 e. The molecule has 1 N–H and O–H groups in total. The Bertz CT molecular complexity index is 1380. The van der Waals surface area contributed by atoms with Crippen LogP contribution in [0, 0.1) is 0 Å². The summed E-state index contributed by atoms with van der Waals surface area (Å²) >= 11 is 0. The third-order valence-electron chi connectivity index (χ3n) is 6.01. The van der Waals surface area contributed by atoms with Gasteiger partial charge < -0.3 is 23.9 Å². The number of aromatic nitrogens is 1. The lowest BCUT2D eigenvalue weighted by atomic mass is 9.95.